The molecule has 0 aromatic heterocycles. The van der Waals surface area contributed by atoms with Crippen LogP contribution >= 0.6 is 0 Å². The number of rotatable bonds is 69. The Hall–Kier alpha value is -2.63. The third-order valence-corrected chi connectivity index (χ3v) is 16.8. The molecule has 0 aromatic carbocycles. The van der Waals surface area contributed by atoms with Crippen LogP contribution in [0, 0.1) is 0 Å². The number of ether oxygens (including phenoxy) is 3. The number of hydrogen-bond acceptors (Lipinski definition) is 6. The lowest BCUT2D eigenvalue weighted by atomic mass is 10.0. The van der Waals surface area contributed by atoms with Crippen LogP contribution in [0.1, 0.15) is 406 Å². The van der Waals surface area contributed by atoms with Gasteiger partial charge in [0.15, 0.2) is 6.10 Å². The van der Waals surface area contributed by atoms with Crippen LogP contribution in [0.15, 0.2) is 48.6 Å². The van der Waals surface area contributed by atoms with E-state index in [0.29, 0.717) is 19.3 Å². The molecule has 0 bridgehead atoms. The first-order valence-corrected chi connectivity index (χ1v) is 37.1. The first kappa shape index (κ1) is 80.4. The lowest BCUT2D eigenvalue weighted by Crippen LogP contribution is -2.30. The Bertz CT molecular complexity index is 1430. The second-order valence-corrected chi connectivity index (χ2v) is 25.2. The zero-order chi connectivity index (χ0) is 59.9. The quantitative estimate of drug-likeness (QED) is 0.0261. The molecular weight excluding hydrogens is 1020 g/mol. The van der Waals surface area contributed by atoms with Gasteiger partial charge in [-0.2, -0.15) is 0 Å². The van der Waals surface area contributed by atoms with Gasteiger partial charge in [0.05, 0.1) is 0 Å². The molecule has 0 spiro atoms. The molecule has 6 nitrogen and oxygen atoms in total. The van der Waals surface area contributed by atoms with Crippen LogP contribution in [0.3, 0.4) is 0 Å². The topological polar surface area (TPSA) is 78.9 Å². The molecule has 0 saturated heterocycles. The van der Waals surface area contributed by atoms with Gasteiger partial charge in [0.1, 0.15) is 13.2 Å². The van der Waals surface area contributed by atoms with Gasteiger partial charge in [-0.1, -0.05) is 358 Å². The molecule has 0 saturated carbocycles. The summed E-state index contributed by atoms with van der Waals surface area (Å²) in [4.78, 5) is 38.5. The summed E-state index contributed by atoms with van der Waals surface area (Å²) in [5.41, 5.74) is 0. The predicted octanol–water partition coefficient (Wildman–Crippen LogP) is 25.7. The van der Waals surface area contributed by atoms with Crippen molar-refractivity contribution in [3.63, 3.8) is 0 Å². The van der Waals surface area contributed by atoms with Crippen molar-refractivity contribution in [3.05, 3.63) is 48.6 Å². The number of unbranched alkanes of at least 4 members (excludes halogenated alkanes) is 50. The highest BCUT2D eigenvalue weighted by Crippen LogP contribution is 2.19. The van der Waals surface area contributed by atoms with E-state index < -0.39 is 6.10 Å². The van der Waals surface area contributed by atoms with E-state index in [2.05, 4.69) is 69.4 Å². The average molecular weight is 1160 g/mol. The molecule has 0 rings (SSSR count). The molecule has 83 heavy (non-hydrogen) atoms. The van der Waals surface area contributed by atoms with Crippen molar-refractivity contribution in [2.24, 2.45) is 0 Å². The molecule has 0 radical (unpaired) electrons. The van der Waals surface area contributed by atoms with Crippen LogP contribution in [-0.4, -0.2) is 37.2 Å². The Kier molecular flexibility index (Phi) is 69.6. The summed E-state index contributed by atoms with van der Waals surface area (Å²) in [5, 5.41) is 0. The second-order valence-electron chi connectivity index (χ2n) is 25.2. The molecule has 0 amide bonds. The molecule has 0 aliphatic rings. The highest BCUT2D eigenvalue weighted by Gasteiger charge is 2.20. The summed E-state index contributed by atoms with van der Waals surface area (Å²) >= 11 is 0. The van der Waals surface area contributed by atoms with Crippen molar-refractivity contribution in [2.45, 2.75) is 412 Å². The van der Waals surface area contributed by atoms with E-state index in [1.54, 1.807) is 0 Å². The molecule has 486 valence electrons. The lowest BCUT2D eigenvalue weighted by Gasteiger charge is -2.18. The van der Waals surface area contributed by atoms with Gasteiger partial charge in [0.25, 0.3) is 0 Å². The highest BCUT2D eigenvalue weighted by molar-refractivity contribution is 5.71. The predicted molar refractivity (Wildman–Crippen MR) is 362 cm³/mol. The van der Waals surface area contributed by atoms with Crippen LogP contribution in [0.2, 0.25) is 0 Å². The molecular formula is C77H142O6. The first-order chi connectivity index (χ1) is 41.0. The van der Waals surface area contributed by atoms with Gasteiger partial charge in [0.2, 0.25) is 0 Å². The fourth-order valence-corrected chi connectivity index (χ4v) is 11.3. The third-order valence-electron chi connectivity index (χ3n) is 16.8. The lowest BCUT2D eigenvalue weighted by molar-refractivity contribution is -0.167. The molecule has 0 fully saturated rings. The smallest absolute Gasteiger partial charge is 0.306 e. The van der Waals surface area contributed by atoms with Gasteiger partial charge >= 0.3 is 17.9 Å². The number of carbonyl (C=O) groups is 3. The summed E-state index contributed by atoms with van der Waals surface area (Å²) in [7, 11) is 0. The minimum Gasteiger partial charge on any atom is -0.462 e. The standard InChI is InChI=1S/C77H142O6/c1-4-7-10-13-16-19-22-25-28-31-33-35-37-38-40-41-43-46-49-52-55-58-61-64-67-70-76(79)82-73-74(72-81-75(78)69-66-63-60-57-54-51-48-45-30-27-24-21-18-15-12-9-6-3)83-77(80)71-68-65-62-59-56-53-50-47-44-42-39-36-34-32-29-26-23-20-17-14-11-8-5-2/h9,12,18,21,27,30,32,34,74H,4-8,10-11,13-17,19-20,22-26,28-29,31,33,35-73H2,1-3H3/b12-9-,21-18-,30-27-,34-32-. The average Bonchev–Trinajstić information content (AvgIpc) is 3.49. The highest BCUT2D eigenvalue weighted by atomic mass is 16.6. The number of allylic oxidation sites excluding steroid dienone is 8. The van der Waals surface area contributed by atoms with E-state index in [9.17, 15) is 14.4 Å². The maximum absolute atomic E-state index is 13.0. The molecule has 6 heteroatoms. The molecule has 1 atom stereocenters. The number of carbonyl (C=O) groups excluding carboxylic acids is 3. The van der Waals surface area contributed by atoms with Gasteiger partial charge in [-0.05, 0) is 77.0 Å². The Balaban J connectivity index is 4.28. The Labute approximate surface area is 518 Å². The van der Waals surface area contributed by atoms with Gasteiger partial charge < -0.3 is 14.2 Å². The zero-order valence-electron chi connectivity index (χ0n) is 56.0. The third kappa shape index (κ3) is 70.0. The van der Waals surface area contributed by atoms with E-state index >= 15 is 0 Å². The largest absolute Gasteiger partial charge is 0.462 e. The van der Waals surface area contributed by atoms with Crippen molar-refractivity contribution in [2.75, 3.05) is 13.2 Å². The van der Waals surface area contributed by atoms with Crippen molar-refractivity contribution in [3.8, 4) is 0 Å². The fourth-order valence-electron chi connectivity index (χ4n) is 11.3. The van der Waals surface area contributed by atoms with Gasteiger partial charge in [-0.15, -0.1) is 0 Å². The maximum Gasteiger partial charge on any atom is 0.306 e. The summed E-state index contributed by atoms with van der Waals surface area (Å²) in [5.74, 6) is -0.853. The minimum atomic E-state index is -0.778. The Morgan fingerprint density at radius 3 is 0.747 bits per heavy atom. The SMILES string of the molecule is CC/C=C\C/C=C\C/C=C\CCCCCCCCCC(=O)OCC(COC(=O)CCCCCCCCCCCCCCCCCCCCCCCCCCC)OC(=O)CCCCCCCCCCCCC/C=C\CCCCCCCCCC. The fraction of sp³-hybridized carbons (Fsp3) is 0.857. The van der Waals surface area contributed by atoms with Gasteiger partial charge in [-0.3, -0.25) is 14.4 Å². The van der Waals surface area contributed by atoms with Crippen molar-refractivity contribution >= 4 is 17.9 Å². The number of esters is 3. The van der Waals surface area contributed by atoms with Crippen molar-refractivity contribution in [1.29, 1.82) is 0 Å². The second kappa shape index (κ2) is 71.8. The molecule has 0 aliphatic carbocycles. The van der Waals surface area contributed by atoms with E-state index in [4.69, 9.17) is 14.2 Å². The van der Waals surface area contributed by atoms with Crippen molar-refractivity contribution < 1.29 is 28.6 Å². The van der Waals surface area contributed by atoms with E-state index in [1.807, 2.05) is 0 Å². The summed E-state index contributed by atoms with van der Waals surface area (Å²) in [6, 6.07) is 0. The Morgan fingerprint density at radius 1 is 0.253 bits per heavy atom. The van der Waals surface area contributed by atoms with Gasteiger partial charge in [-0.25, -0.2) is 0 Å². The molecule has 1 unspecified atom stereocenters. The maximum atomic E-state index is 13.0. The normalized spacial score (nSPS) is 12.3. The molecule has 0 N–H and O–H groups in total. The van der Waals surface area contributed by atoms with Crippen LogP contribution < -0.4 is 0 Å². The summed E-state index contributed by atoms with van der Waals surface area (Å²) in [6.07, 6.45) is 91.5. The monoisotopic (exact) mass is 1160 g/mol. The number of hydrogen-bond donors (Lipinski definition) is 0. The minimum absolute atomic E-state index is 0.0719. The van der Waals surface area contributed by atoms with Crippen LogP contribution in [-0.2, 0) is 28.6 Å². The zero-order valence-corrected chi connectivity index (χ0v) is 56.0. The van der Waals surface area contributed by atoms with Crippen LogP contribution in [0.25, 0.3) is 0 Å². The van der Waals surface area contributed by atoms with Crippen LogP contribution in [0.5, 0.6) is 0 Å². The van der Waals surface area contributed by atoms with E-state index in [1.165, 1.54) is 283 Å². The van der Waals surface area contributed by atoms with Crippen LogP contribution in [0.4, 0.5) is 0 Å². The van der Waals surface area contributed by atoms with E-state index in [0.717, 1.165) is 83.5 Å². The Morgan fingerprint density at radius 2 is 0.470 bits per heavy atom. The molecule has 0 aliphatic heterocycles. The van der Waals surface area contributed by atoms with Gasteiger partial charge in [0, 0.05) is 19.3 Å². The van der Waals surface area contributed by atoms with E-state index in [-0.39, 0.29) is 31.1 Å². The summed E-state index contributed by atoms with van der Waals surface area (Å²) in [6.45, 7) is 6.60. The molecule has 0 aromatic rings. The first-order valence-electron chi connectivity index (χ1n) is 37.1. The summed E-state index contributed by atoms with van der Waals surface area (Å²) < 4.78 is 17.0. The van der Waals surface area contributed by atoms with Crippen molar-refractivity contribution in [1.82, 2.24) is 0 Å². The molecule has 0 heterocycles.